The molecular formula is C12H9FN4O. The average molecular weight is 244 g/mol. The van der Waals surface area contributed by atoms with Crippen molar-refractivity contribution < 1.29 is 9.18 Å². The SMILES string of the molecule is CNC(=O)c1cnn(-c2ccc(F)cc2)c1C#N. The topological polar surface area (TPSA) is 70.7 Å². The standard InChI is InChI=1S/C12H9FN4O/c1-15-12(18)10-7-16-17(11(10)6-14)9-4-2-8(13)3-5-9/h2-5,7H,1H3,(H,15,18). The second-order valence-electron chi connectivity index (χ2n) is 3.49. The Balaban J connectivity index is 2.53. The van der Waals surface area contributed by atoms with Crippen molar-refractivity contribution in [3.05, 3.63) is 47.5 Å². The predicted molar refractivity (Wildman–Crippen MR) is 61.6 cm³/mol. The number of benzene rings is 1. The minimum Gasteiger partial charge on any atom is -0.355 e. The molecule has 1 aromatic heterocycles. The van der Waals surface area contributed by atoms with Crippen LogP contribution in [0.2, 0.25) is 0 Å². The molecule has 1 N–H and O–H groups in total. The third-order valence-corrected chi connectivity index (χ3v) is 2.42. The van der Waals surface area contributed by atoms with Crippen LogP contribution in [-0.2, 0) is 0 Å². The largest absolute Gasteiger partial charge is 0.355 e. The highest BCUT2D eigenvalue weighted by molar-refractivity contribution is 5.95. The number of nitriles is 1. The van der Waals surface area contributed by atoms with Crippen LogP contribution in [0.3, 0.4) is 0 Å². The Labute approximate surface area is 102 Å². The van der Waals surface area contributed by atoms with Gasteiger partial charge in [0.05, 0.1) is 17.4 Å². The zero-order chi connectivity index (χ0) is 13.1. The number of nitrogens with one attached hydrogen (secondary N) is 1. The van der Waals surface area contributed by atoms with Crippen LogP contribution in [0, 0.1) is 17.1 Å². The first-order valence-electron chi connectivity index (χ1n) is 5.13. The van der Waals surface area contributed by atoms with E-state index >= 15 is 0 Å². The molecule has 0 spiro atoms. The van der Waals surface area contributed by atoms with Crippen LogP contribution < -0.4 is 5.32 Å². The quantitative estimate of drug-likeness (QED) is 0.864. The van der Waals surface area contributed by atoms with Crippen LogP contribution in [0.5, 0.6) is 0 Å². The summed E-state index contributed by atoms with van der Waals surface area (Å²) in [6.45, 7) is 0. The number of halogens is 1. The molecule has 0 unspecified atom stereocenters. The minimum absolute atomic E-state index is 0.112. The molecule has 5 nitrogen and oxygen atoms in total. The summed E-state index contributed by atoms with van der Waals surface area (Å²) in [7, 11) is 1.47. The third kappa shape index (κ3) is 1.94. The van der Waals surface area contributed by atoms with Crippen LogP contribution >= 0.6 is 0 Å². The lowest BCUT2D eigenvalue weighted by Gasteiger charge is -2.03. The average Bonchev–Trinajstić information content (AvgIpc) is 2.82. The highest BCUT2D eigenvalue weighted by Crippen LogP contribution is 2.14. The number of nitrogens with zero attached hydrogens (tertiary/aromatic N) is 3. The van der Waals surface area contributed by atoms with E-state index < -0.39 is 0 Å². The van der Waals surface area contributed by atoms with Crippen molar-refractivity contribution in [2.24, 2.45) is 0 Å². The lowest BCUT2D eigenvalue weighted by Crippen LogP contribution is -2.18. The molecule has 0 aliphatic rings. The summed E-state index contributed by atoms with van der Waals surface area (Å²) in [6.07, 6.45) is 1.31. The molecule has 90 valence electrons. The van der Waals surface area contributed by atoms with Gasteiger partial charge in [0.1, 0.15) is 11.9 Å². The molecule has 18 heavy (non-hydrogen) atoms. The third-order valence-electron chi connectivity index (χ3n) is 2.42. The number of hydrogen-bond acceptors (Lipinski definition) is 3. The van der Waals surface area contributed by atoms with E-state index in [2.05, 4.69) is 10.4 Å². The van der Waals surface area contributed by atoms with Crippen LogP contribution in [0.25, 0.3) is 5.69 Å². The molecule has 1 heterocycles. The van der Waals surface area contributed by atoms with Crippen molar-refractivity contribution in [2.45, 2.75) is 0 Å². The lowest BCUT2D eigenvalue weighted by molar-refractivity contribution is 0.0963. The Morgan fingerprint density at radius 2 is 2.11 bits per heavy atom. The maximum atomic E-state index is 12.8. The summed E-state index contributed by atoms with van der Waals surface area (Å²) >= 11 is 0. The molecular weight excluding hydrogens is 235 g/mol. The molecule has 0 saturated carbocycles. The first-order valence-corrected chi connectivity index (χ1v) is 5.13. The van der Waals surface area contributed by atoms with Gasteiger partial charge in [-0.25, -0.2) is 9.07 Å². The molecule has 6 heteroatoms. The Morgan fingerprint density at radius 3 is 2.67 bits per heavy atom. The van der Waals surface area contributed by atoms with Gasteiger partial charge in [-0.05, 0) is 24.3 Å². The molecule has 0 aliphatic heterocycles. The molecule has 0 fully saturated rings. The van der Waals surface area contributed by atoms with Gasteiger partial charge in [-0.2, -0.15) is 10.4 Å². The van der Waals surface area contributed by atoms with Gasteiger partial charge >= 0.3 is 0 Å². The number of carbonyl (C=O) groups excluding carboxylic acids is 1. The number of carbonyl (C=O) groups is 1. The first kappa shape index (κ1) is 11.8. The van der Waals surface area contributed by atoms with Crippen molar-refractivity contribution in [3.63, 3.8) is 0 Å². The number of aromatic nitrogens is 2. The number of rotatable bonds is 2. The van der Waals surface area contributed by atoms with Gasteiger partial charge < -0.3 is 5.32 Å². The second-order valence-corrected chi connectivity index (χ2v) is 3.49. The maximum absolute atomic E-state index is 12.8. The van der Waals surface area contributed by atoms with Gasteiger partial charge in [0.15, 0.2) is 5.69 Å². The lowest BCUT2D eigenvalue weighted by atomic mass is 10.2. The minimum atomic E-state index is -0.389. The van der Waals surface area contributed by atoms with E-state index in [1.807, 2.05) is 6.07 Å². The maximum Gasteiger partial charge on any atom is 0.255 e. The summed E-state index contributed by atoms with van der Waals surface area (Å²) < 4.78 is 14.1. The van der Waals surface area contributed by atoms with E-state index in [4.69, 9.17) is 5.26 Å². The molecule has 2 aromatic rings. The Kier molecular flexibility index (Phi) is 3.06. The van der Waals surface area contributed by atoms with Crippen LogP contribution in [0.1, 0.15) is 16.1 Å². The molecule has 1 aromatic carbocycles. The van der Waals surface area contributed by atoms with Crippen molar-refractivity contribution in [1.29, 1.82) is 5.26 Å². The molecule has 0 radical (unpaired) electrons. The van der Waals surface area contributed by atoms with E-state index in [0.29, 0.717) is 5.69 Å². The monoisotopic (exact) mass is 244 g/mol. The van der Waals surface area contributed by atoms with E-state index in [1.54, 1.807) is 0 Å². The zero-order valence-corrected chi connectivity index (χ0v) is 9.51. The predicted octanol–water partition coefficient (Wildman–Crippen LogP) is 1.24. The summed E-state index contributed by atoms with van der Waals surface area (Å²) in [6, 6.07) is 7.41. The second kappa shape index (κ2) is 4.67. The number of amides is 1. The summed E-state index contributed by atoms with van der Waals surface area (Å²) in [5, 5.41) is 15.5. The van der Waals surface area contributed by atoms with Crippen molar-refractivity contribution in [3.8, 4) is 11.8 Å². The normalized spacial score (nSPS) is 9.83. The Hall–Kier alpha value is -2.68. The van der Waals surface area contributed by atoms with Gasteiger partial charge in [0.2, 0.25) is 0 Å². The fraction of sp³-hybridized carbons (Fsp3) is 0.0833. The van der Waals surface area contributed by atoms with Crippen molar-refractivity contribution >= 4 is 5.91 Å². The van der Waals surface area contributed by atoms with Crippen molar-refractivity contribution in [2.75, 3.05) is 7.05 Å². The summed E-state index contributed by atoms with van der Waals surface area (Å²) in [4.78, 5) is 11.5. The van der Waals surface area contributed by atoms with Gasteiger partial charge in [-0.1, -0.05) is 0 Å². The molecule has 0 aliphatic carbocycles. The van der Waals surface area contributed by atoms with Gasteiger partial charge in [0.25, 0.3) is 5.91 Å². The summed E-state index contributed by atoms with van der Waals surface area (Å²) in [5.74, 6) is -0.768. The fourth-order valence-corrected chi connectivity index (χ4v) is 1.53. The van der Waals surface area contributed by atoms with Crippen LogP contribution in [0.4, 0.5) is 4.39 Å². The van der Waals surface area contributed by atoms with Crippen LogP contribution in [-0.4, -0.2) is 22.7 Å². The zero-order valence-electron chi connectivity index (χ0n) is 9.51. The molecule has 0 saturated heterocycles. The highest BCUT2D eigenvalue weighted by atomic mass is 19.1. The van der Waals surface area contributed by atoms with Crippen molar-refractivity contribution in [1.82, 2.24) is 15.1 Å². The highest BCUT2D eigenvalue weighted by Gasteiger charge is 2.17. The van der Waals surface area contributed by atoms with E-state index in [1.165, 1.54) is 42.2 Å². The van der Waals surface area contributed by atoms with Gasteiger partial charge in [-0.3, -0.25) is 4.79 Å². The van der Waals surface area contributed by atoms with E-state index in [9.17, 15) is 9.18 Å². The van der Waals surface area contributed by atoms with Gasteiger partial charge in [0, 0.05) is 7.05 Å². The number of hydrogen-bond donors (Lipinski definition) is 1. The molecule has 2 rings (SSSR count). The molecule has 0 bridgehead atoms. The van der Waals surface area contributed by atoms with E-state index in [0.717, 1.165) is 0 Å². The fourth-order valence-electron chi connectivity index (χ4n) is 1.53. The Morgan fingerprint density at radius 1 is 1.44 bits per heavy atom. The smallest absolute Gasteiger partial charge is 0.255 e. The first-order chi connectivity index (χ1) is 8.67. The Bertz CT molecular complexity index is 625. The van der Waals surface area contributed by atoms with Gasteiger partial charge in [-0.15, -0.1) is 0 Å². The molecule has 0 atom stereocenters. The van der Waals surface area contributed by atoms with Crippen LogP contribution in [0.15, 0.2) is 30.5 Å². The summed E-state index contributed by atoms with van der Waals surface area (Å²) in [5.41, 5.74) is 0.813. The van der Waals surface area contributed by atoms with E-state index in [-0.39, 0.29) is 23.0 Å². The molecule has 1 amide bonds.